The molecule has 3 rings (SSSR count). The van der Waals surface area contributed by atoms with Crippen LogP contribution in [0.15, 0.2) is 60.7 Å². The van der Waals surface area contributed by atoms with E-state index in [2.05, 4.69) is 93.7 Å². The fourth-order valence-corrected chi connectivity index (χ4v) is 4.32. The first-order valence-corrected chi connectivity index (χ1v) is 9.42. The van der Waals surface area contributed by atoms with E-state index in [0.29, 0.717) is 11.8 Å². The number of hydrogen-bond donors (Lipinski definition) is 1. The van der Waals surface area contributed by atoms with Gasteiger partial charge in [0.05, 0.1) is 11.2 Å². The van der Waals surface area contributed by atoms with Crippen molar-refractivity contribution in [1.29, 1.82) is 0 Å². The molecule has 0 radical (unpaired) electrons. The third-order valence-electron chi connectivity index (χ3n) is 5.67. The van der Waals surface area contributed by atoms with Gasteiger partial charge < -0.3 is 10.1 Å². The molecule has 2 nitrogen and oxygen atoms in total. The molecule has 134 valence electrons. The van der Waals surface area contributed by atoms with Gasteiger partial charge in [0.1, 0.15) is 0 Å². The highest BCUT2D eigenvalue weighted by Crippen LogP contribution is 2.48. The van der Waals surface area contributed by atoms with Crippen molar-refractivity contribution in [2.24, 2.45) is 5.92 Å². The van der Waals surface area contributed by atoms with Gasteiger partial charge in [-0.3, -0.25) is 0 Å². The standard InChI is InChI=1S/C23H31NO/c1-22(2)19(15-16-24-20-13-9-6-10-14-20)17-21(23(3,4)25-22)18-11-7-5-8-12-18/h5-14,19,21,24H,15-17H2,1-4H3. The molecule has 0 spiro atoms. The predicted octanol–water partition coefficient (Wildman–Crippen LogP) is 5.87. The van der Waals surface area contributed by atoms with Crippen molar-refractivity contribution in [3.05, 3.63) is 66.2 Å². The average molecular weight is 338 g/mol. The Kier molecular flexibility index (Phi) is 5.19. The summed E-state index contributed by atoms with van der Waals surface area (Å²) in [7, 11) is 0. The largest absolute Gasteiger partial charge is 0.385 e. The van der Waals surface area contributed by atoms with Crippen molar-refractivity contribution >= 4 is 5.69 Å². The smallest absolute Gasteiger partial charge is 0.0702 e. The molecule has 2 unspecified atom stereocenters. The molecule has 1 aliphatic heterocycles. The summed E-state index contributed by atoms with van der Waals surface area (Å²) in [5, 5.41) is 3.55. The molecular weight excluding hydrogens is 306 g/mol. The third kappa shape index (κ3) is 4.24. The Balaban J connectivity index is 1.69. The van der Waals surface area contributed by atoms with E-state index in [4.69, 9.17) is 4.74 Å². The summed E-state index contributed by atoms with van der Waals surface area (Å²) in [6.07, 6.45) is 2.28. The van der Waals surface area contributed by atoms with Crippen LogP contribution in [0.25, 0.3) is 0 Å². The molecule has 2 atom stereocenters. The number of nitrogens with one attached hydrogen (secondary N) is 1. The minimum absolute atomic E-state index is 0.104. The van der Waals surface area contributed by atoms with Crippen molar-refractivity contribution in [3.8, 4) is 0 Å². The van der Waals surface area contributed by atoms with E-state index in [1.165, 1.54) is 17.7 Å². The molecule has 0 amide bonds. The summed E-state index contributed by atoms with van der Waals surface area (Å²) in [5.41, 5.74) is 2.34. The molecular formula is C23H31NO. The molecule has 0 bridgehead atoms. The van der Waals surface area contributed by atoms with Crippen LogP contribution >= 0.6 is 0 Å². The van der Waals surface area contributed by atoms with E-state index < -0.39 is 0 Å². The van der Waals surface area contributed by atoms with Crippen LogP contribution in [0, 0.1) is 5.92 Å². The highest BCUT2D eigenvalue weighted by molar-refractivity contribution is 5.42. The van der Waals surface area contributed by atoms with Crippen LogP contribution < -0.4 is 5.32 Å². The Bertz CT molecular complexity index is 663. The molecule has 1 heterocycles. The van der Waals surface area contributed by atoms with E-state index in [0.717, 1.165) is 13.0 Å². The monoisotopic (exact) mass is 337 g/mol. The summed E-state index contributed by atoms with van der Waals surface area (Å²) in [6.45, 7) is 9.96. The summed E-state index contributed by atoms with van der Waals surface area (Å²) >= 11 is 0. The molecule has 1 fully saturated rings. The number of hydrogen-bond acceptors (Lipinski definition) is 2. The van der Waals surface area contributed by atoms with Gasteiger partial charge in [0.2, 0.25) is 0 Å². The highest BCUT2D eigenvalue weighted by Gasteiger charge is 2.47. The summed E-state index contributed by atoms with van der Waals surface area (Å²) in [6, 6.07) is 21.3. The molecule has 25 heavy (non-hydrogen) atoms. The van der Waals surface area contributed by atoms with E-state index in [1.54, 1.807) is 0 Å². The van der Waals surface area contributed by atoms with Gasteiger partial charge in [0.15, 0.2) is 0 Å². The van der Waals surface area contributed by atoms with Crippen LogP contribution in [0.1, 0.15) is 52.0 Å². The number of benzene rings is 2. The lowest BCUT2D eigenvalue weighted by molar-refractivity contribution is -0.196. The zero-order chi connectivity index (χ0) is 17.9. The Morgan fingerprint density at radius 3 is 2.12 bits per heavy atom. The fraction of sp³-hybridized carbons (Fsp3) is 0.478. The zero-order valence-corrected chi connectivity index (χ0v) is 16.0. The van der Waals surface area contributed by atoms with Gasteiger partial charge in [0.25, 0.3) is 0 Å². The van der Waals surface area contributed by atoms with Crippen molar-refractivity contribution in [1.82, 2.24) is 0 Å². The second kappa shape index (κ2) is 7.21. The summed E-state index contributed by atoms with van der Waals surface area (Å²) in [4.78, 5) is 0. The van der Waals surface area contributed by atoms with Gasteiger partial charge in [-0.1, -0.05) is 48.5 Å². The number of para-hydroxylation sites is 1. The molecule has 0 aromatic heterocycles. The van der Waals surface area contributed by atoms with Gasteiger partial charge in [-0.15, -0.1) is 0 Å². The SMILES string of the molecule is CC1(C)OC(C)(C)C(c2ccccc2)CC1CCNc1ccccc1. The molecule has 1 aliphatic rings. The van der Waals surface area contributed by atoms with Crippen LogP contribution in [0.2, 0.25) is 0 Å². The Morgan fingerprint density at radius 2 is 1.48 bits per heavy atom. The first-order chi connectivity index (χ1) is 11.9. The molecule has 2 heteroatoms. The lowest BCUT2D eigenvalue weighted by Gasteiger charge is -2.51. The molecule has 0 saturated carbocycles. The summed E-state index contributed by atoms with van der Waals surface area (Å²) < 4.78 is 6.62. The Labute approximate surface area is 152 Å². The Hall–Kier alpha value is -1.80. The maximum Gasteiger partial charge on any atom is 0.0702 e. The summed E-state index contributed by atoms with van der Waals surface area (Å²) in [5.74, 6) is 0.963. The van der Waals surface area contributed by atoms with E-state index >= 15 is 0 Å². The lowest BCUT2D eigenvalue weighted by Crippen LogP contribution is -2.52. The second-order valence-electron chi connectivity index (χ2n) is 8.29. The van der Waals surface area contributed by atoms with Crippen LogP contribution in [0.3, 0.4) is 0 Å². The zero-order valence-electron chi connectivity index (χ0n) is 16.0. The normalized spacial score (nSPS) is 24.6. The lowest BCUT2D eigenvalue weighted by atomic mass is 9.69. The fourth-order valence-electron chi connectivity index (χ4n) is 4.32. The van der Waals surface area contributed by atoms with Crippen LogP contribution in [0.5, 0.6) is 0 Å². The molecule has 0 aliphatic carbocycles. The third-order valence-corrected chi connectivity index (χ3v) is 5.67. The predicted molar refractivity (Wildman–Crippen MR) is 106 cm³/mol. The maximum atomic E-state index is 6.62. The van der Waals surface area contributed by atoms with Gasteiger partial charge in [0, 0.05) is 18.2 Å². The van der Waals surface area contributed by atoms with Crippen LogP contribution in [0.4, 0.5) is 5.69 Å². The number of ether oxygens (including phenoxy) is 1. The van der Waals surface area contributed by atoms with Gasteiger partial charge in [-0.05, 0) is 64.2 Å². The van der Waals surface area contributed by atoms with Crippen molar-refractivity contribution in [2.45, 2.75) is 57.7 Å². The van der Waals surface area contributed by atoms with Crippen LogP contribution in [-0.2, 0) is 4.74 Å². The molecule has 1 saturated heterocycles. The molecule has 2 aromatic rings. The van der Waals surface area contributed by atoms with E-state index in [1.807, 2.05) is 0 Å². The molecule has 1 N–H and O–H groups in total. The maximum absolute atomic E-state index is 6.62. The Morgan fingerprint density at radius 1 is 0.880 bits per heavy atom. The van der Waals surface area contributed by atoms with Gasteiger partial charge in [-0.25, -0.2) is 0 Å². The van der Waals surface area contributed by atoms with Crippen molar-refractivity contribution in [3.63, 3.8) is 0 Å². The van der Waals surface area contributed by atoms with Gasteiger partial charge in [-0.2, -0.15) is 0 Å². The minimum Gasteiger partial charge on any atom is -0.385 e. The topological polar surface area (TPSA) is 21.3 Å². The van der Waals surface area contributed by atoms with E-state index in [-0.39, 0.29) is 11.2 Å². The first-order valence-electron chi connectivity index (χ1n) is 9.42. The van der Waals surface area contributed by atoms with Gasteiger partial charge >= 0.3 is 0 Å². The molecule has 2 aromatic carbocycles. The van der Waals surface area contributed by atoms with Crippen molar-refractivity contribution in [2.75, 3.05) is 11.9 Å². The highest BCUT2D eigenvalue weighted by atomic mass is 16.5. The average Bonchev–Trinajstić information content (AvgIpc) is 2.57. The van der Waals surface area contributed by atoms with Crippen LogP contribution in [-0.4, -0.2) is 17.7 Å². The first kappa shape index (κ1) is 18.0. The number of anilines is 1. The second-order valence-corrected chi connectivity index (χ2v) is 8.29. The minimum atomic E-state index is -0.145. The number of rotatable bonds is 5. The van der Waals surface area contributed by atoms with E-state index in [9.17, 15) is 0 Å². The van der Waals surface area contributed by atoms with Crippen molar-refractivity contribution < 1.29 is 4.74 Å². The quantitative estimate of drug-likeness (QED) is 0.737.